The van der Waals surface area contributed by atoms with Gasteiger partial charge >= 0.3 is 12.1 Å². The van der Waals surface area contributed by atoms with Crippen LogP contribution < -0.4 is 9.64 Å². The summed E-state index contributed by atoms with van der Waals surface area (Å²) in [4.78, 5) is 29.3. The Labute approximate surface area is 292 Å². The van der Waals surface area contributed by atoms with Crippen LogP contribution in [0.5, 0.6) is 11.8 Å². The zero-order valence-electron chi connectivity index (χ0n) is 28.4. The maximum Gasteiger partial charge on any atom is 0.410 e. The Morgan fingerprint density at radius 3 is 2.65 bits per heavy atom. The minimum absolute atomic E-state index is 0.164. The minimum atomic E-state index is -0.641. The molecular weight excluding hydrogens is 640 g/mol. The van der Waals surface area contributed by atoms with Crippen LogP contribution in [0.2, 0.25) is 5.02 Å². The van der Waals surface area contributed by atoms with Gasteiger partial charge in [0.25, 0.3) is 0 Å². The van der Waals surface area contributed by atoms with Gasteiger partial charge in [0.2, 0.25) is 0 Å². The normalized spacial score (nSPS) is 19.6. The molecule has 2 atom stereocenters. The molecule has 0 N–H and O–H groups in total. The summed E-state index contributed by atoms with van der Waals surface area (Å²) >= 11 is 6.73. The number of carbonyl (C=O) groups excluding carboxylic acids is 1. The smallest absolute Gasteiger partial charge is 0.410 e. The monoisotopic (exact) mass is 680 g/mol. The molecule has 10 nitrogen and oxygen atoms in total. The fraction of sp³-hybridized carbons (Fsp3) is 0.421. The number of carbonyl (C=O) groups is 1. The van der Waals surface area contributed by atoms with Crippen LogP contribution in [0, 0.1) is 11.3 Å². The Balaban J connectivity index is 1.26. The summed E-state index contributed by atoms with van der Waals surface area (Å²) < 4.78 is 18.8. The first-order valence-electron chi connectivity index (χ1n) is 16.8. The van der Waals surface area contributed by atoms with Gasteiger partial charge in [-0.3, -0.25) is 0 Å². The van der Waals surface area contributed by atoms with Crippen LogP contribution >= 0.6 is 11.6 Å². The fourth-order valence-electron chi connectivity index (χ4n) is 7.13. The number of nitrogens with zero attached hydrogens (tertiary/aromatic N) is 6. The number of fused-ring (bicyclic) bond motifs is 3. The number of ether oxygens (including phenoxy) is 3. The van der Waals surface area contributed by atoms with Crippen LogP contribution in [0.3, 0.4) is 0 Å². The van der Waals surface area contributed by atoms with Gasteiger partial charge in [-0.1, -0.05) is 54.1 Å². The molecule has 254 valence electrons. The molecule has 0 aliphatic carbocycles. The van der Waals surface area contributed by atoms with Crippen molar-refractivity contribution in [2.24, 2.45) is 0 Å². The van der Waals surface area contributed by atoms with Gasteiger partial charge in [-0.25, -0.2) is 4.79 Å². The van der Waals surface area contributed by atoms with Gasteiger partial charge in [0.1, 0.15) is 17.2 Å². The Morgan fingerprint density at radius 2 is 1.86 bits per heavy atom. The van der Waals surface area contributed by atoms with E-state index in [9.17, 15) is 10.1 Å². The van der Waals surface area contributed by atoms with E-state index < -0.39 is 11.7 Å². The van der Waals surface area contributed by atoms with Gasteiger partial charge in [0.15, 0.2) is 0 Å². The summed E-state index contributed by atoms with van der Waals surface area (Å²) in [5, 5.41) is 12.4. The molecule has 7 rings (SSSR count). The van der Waals surface area contributed by atoms with E-state index in [-0.39, 0.29) is 24.6 Å². The molecule has 3 aliphatic heterocycles. The first-order chi connectivity index (χ1) is 23.6. The Bertz CT molecular complexity index is 1930. The third-order valence-electron chi connectivity index (χ3n) is 9.44. The van der Waals surface area contributed by atoms with Crippen molar-refractivity contribution in [1.82, 2.24) is 19.8 Å². The highest BCUT2D eigenvalue weighted by Crippen LogP contribution is 2.40. The highest BCUT2D eigenvalue weighted by Gasteiger charge is 2.36. The van der Waals surface area contributed by atoms with E-state index in [2.05, 4.69) is 47.2 Å². The fourth-order valence-corrected chi connectivity index (χ4v) is 7.42. The number of benzene rings is 3. The van der Waals surface area contributed by atoms with E-state index in [1.165, 1.54) is 11.1 Å². The lowest BCUT2D eigenvalue weighted by molar-refractivity contribution is 0.0140. The lowest BCUT2D eigenvalue weighted by Gasteiger charge is -2.42. The van der Waals surface area contributed by atoms with Crippen molar-refractivity contribution in [2.75, 3.05) is 38.1 Å². The van der Waals surface area contributed by atoms with Crippen molar-refractivity contribution in [1.29, 1.82) is 5.26 Å². The number of anilines is 1. The summed E-state index contributed by atoms with van der Waals surface area (Å²) in [6.45, 7) is 8.91. The molecule has 0 spiro atoms. The molecule has 3 aliphatic rings. The minimum Gasteiger partial charge on any atom is -0.444 e. The van der Waals surface area contributed by atoms with Crippen LogP contribution in [0.15, 0.2) is 54.6 Å². The van der Waals surface area contributed by atoms with E-state index in [0.29, 0.717) is 43.5 Å². The number of halogens is 1. The Morgan fingerprint density at radius 1 is 1.06 bits per heavy atom. The number of amides is 1. The maximum absolute atomic E-state index is 13.2. The van der Waals surface area contributed by atoms with Crippen molar-refractivity contribution >= 4 is 34.3 Å². The van der Waals surface area contributed by atoms with Crippen molar-refractivity contribution in [3.8, 4) is 17.8 Å². The number of rotatable bonds is 5. The molecule has 4 heterocycles. The highest BCUT2D eigenvalue weighted by molar-refractivity contribution is 6.35. The molecular formula is C38H41ClN6O4. The number of likely N-dealkylation sites (N-methyl/N-ethyl adjacent to an activating group) is 1. The van der Waals surface area contributed by atoms with E-state index in [4.69, 9.17) is 35.8 Å². The average Bonchev–Trinajstić information content (AvgIpc) is 3.07. The summed E-state index contributed by atoms with van der Waals surface area (Å²) in [6, 6.07) is 20.4. The van der Waals surface area contributed by atoms with Crippen LogP contribution in [-0.4, -0.2) is 70.7 Å². The average molecular weight is 681 g/mol. The molecule has 1 unspecified atom stereocenters. The quantitative estimate of drug-likeness (QED) is 0.216. The molecule has 1 amide bonds. The summed E-state index contributed by atoms with van der Waals surface area (Å²) in [5.74, 6) is 1.46. The number of hydrogen-bond acceptors (Lipinski definition) is 9. The standard InChI is InChI=1S/C38H41ClN6O4/c1-38(2,3)49-37(46)45-19-18-44(22-26(45)14-16-40)35-29-23-47-33(28-11-5-8-24-9-6-12-30(39)34(24)28)20-31(29)41-36(42-35)48-32-13-7-10-25-21-43(4)17-15-27(25)32/h5-13,26,33H,14-15,17-23H2,1-4H3/t26-,33?/m0/s1. The largest absolute Gasteiger partial charge is 0.444 e. The summed E-state index contributed by atoms with van der Waals surface area (Å²) in [5.41, 5.74) is 4.51. The van der Waals surface area contributed by atoms with Gasteiger partial charge in [0, 0.05) is 60.7 Å². The van der Waals surface area contributed by atoms with Crippen molar-refractivity contribution in [3.05, 3.63) is 87.6 Å². The Hall–Kier alpha value is -4.43. The van der Waals surface area contributed by atoms with Gasteiger partial charge < -0.3 is 28.9 Å². The van der Waals surface area contributed by atoms with Crippen molar-refractivity contribution in [2.45, 2.75) is 70.9 Å². The third kappa shape index (κ3) is 6.89. The van der Waals surface area contributed by atoms with Crippen LogP contribution in [0.4, 0.5) is 10.6 Å². The number of aromatic nitrogens is 2. The summed E-state index contributed by atoms with van der Waals surface area (Å²) in [7, 11) is 2.12. The van der Waals surface area contributed by atoms with Gasteiger partial charge in [0.05, 0.1) is 36.9 Å². The molecule has 0 bridgehead atoms. The molecule has 0 radical (unpaired) electrons. The number of nitriles is 1. The highest BCUT2D eigenvalue weighted by atomic mass is 35.5. The lowest BCUT2D eigenvalue weighted by Crippen LogP contribution is -2.56. The molecule has 49 heavy (non-hydrogen) atoms. The first-order valence-corrected chi connectivity index (χ1v) is 17.2. The SMILES string of the molecule is CN1CCc2c(cccc2Oc2nc3c(c(N4CCN(C(=O)OC(C)(C)C)[C@@H](CC#N)C4)n2)COC(c2cccc4cccc(Cl)c24)C3)C1. The molecule has 4 aromatic rings. The van der Waals surface area contributed by atoms with Crippen molar-refractivity contribution in [3.63, 3.8) is 0 Å². The molecule has 3 aromatic carbocycles. The predicted molar refractivity (Wildman–Crippen MR) is 188 cm³/mol. The third-order valence-corrected chi connectivity index (χ3v) is 9.76. The predicted octanol–water partition coefficient (Wildman–Crippen LogP) is 7.22. The van der Waals surface area contributed by atoms with E-state index in [1.54, 1.807) is 4.90 Å². The lowest BCUT2D eigenvalue weighted by atomic mass is 9.94. The van der Waals surface area contributed by atoms with Gasteiger partial charge in [-0.05, 0) is 62.9 Å². The van der Waals surface area contributed by atoms with E-state index in [0.717, 1.165) is 52.9 Å². The van der Waals surface area contributed by atoms with Gasteiger partial charge in [-0.2, -0.15) is 15.2 Å². The second kappa shape index (κ2) is 13.5. The molecule has 0 saturated carbocycles. The van der Waals surface area contributed by atoms with Crippen LogP contribution in [-0.2, 0) is 35.5 Å². The van der Waals surface area contributed by atoms with Crippen LogP contribution in [0.25, 0.3) is 10.8 Å². The topological polar surface area (TPSA) is 104 Å². The zero-order valence-corrected chi connectivity index (χ0v) is 29.2. The first kappa shape index (κ1) is 33.1. The van der Waals surface area contributed by atoms with Gasteiger partial charge in [-0.15, -0.1) is 0 Å². The number of piperazine rings is 1. The molecule has 1 saturated heterocycles. The molecule has 11 heteroatoms. The molecule has 1 aromatic heterocycles. The van der Waals surface area contributed by atoms with Crippen LogP contribution in [0.1, 0.15) is 61.2 Å². The summed E-state index contributed by atoms with van der Waals surface area (Å²) in [6.07, 6.45) is 0.850. The van der Waals surface area contributed by atoms with E-state index >= 15 is 0 Å². The molecule has 1 fully saturated rings. The zero-order chi connectivity index (χ0) is 34.3. The Kier molecular flexibility index (Phi) is 9.09. The van der Waals surface area contributed by atoms with Crippen molar-refractivity contribution < 1.29 is 19.0 Å². The second-order valence-corrected chi connectivity index (χ2v) is 14.5. The number of hydrogen-bond donors (Lipinski definition) is 0. The van der Waals surface area contributed by atoms with E-state index in [1.807, 2.05) is 51.1 Å². The maximum atomic E-state index is 13.2. The second-order valence-electron chi connectivity index (χ2n) is 14.1.